The van der Waals surface area contributed by atoms with Gasteiger partial charge in [0.1, 0.15) is 24.2 Å². The molecule has 0 saturated carbocycles. The van der Waals surface area contributed by atoms with Gasteiger partial charge in [0.15, 0.2) is 0 Å². The smallest absolute Gasteiger partial charge is 0.327 e. The summed E-state index contributed by atoms with van der Waals surface area (Å²) in [4.78, 5) is 47.3. The van der Waals surface area contributed by atoms with Crippen molar-refractivity contribution in [2.75, 3.05) is 18.9 Å². The van der Waals surface area contributed by atoms with Crippen molar-refractivity contribution in [3.8, 4) is 0 Å². The molecule has 0 aliphatic rings. The largest absolute Gasteiger partial charge is 0.480 e. The molecule has 27 heavy (non-hydrogen) atoms. The van der Waals surface area contributed by atoms with Crippen LogP contribution in [0.5, 0.6) is 0 Å². The fourth-order valence-electron chi connectivity index (χ4n) is 1.99. The molecule has 0 spiro atoms. The van der Waals surface area contributed by atoms with E-state index in [0.29, 0.717) is 19.4 Å². The number of nitrogens with two attached hydrogens (primary N) is 2. The lowest BCUT2D eigenvalue weighted by atomic mass is 10.1. The van der Waals surface area contributed by atoms with E-state index < -0.39 is 54.5 Å². The zero-order chi connectivity index (χ0) is 21.0. The van der Waals surface area contributed by atoms with Crippen molar-refractivity contribution in [1.29, 1.82) is 0 Å². The van der Waals surface area contributed by atoms with Gasteiger partial charge in [0.2, 0.25) is 17.7 Å². The minimum absolute atomic E-state index is 0.115. The Labute approximate surface area is 163 Å². The number of carboxylic acids is 1. The lowest BCUT2D eigenvalue weighted by Crippen LogP contribution is -2.56. The zero-order valence-electron chi connectivity index (χ0n) is 15.2. The number of hydrogen-bond donors (Lipinski definition) is 8. The molecule has 0 radical (unpaired) electrons. The van der Waals surface area contributed by atoms with Gasteiger partial charge in [-0.15, -0.1) is 0 Å². The Balaban J connectivity index is 4.96. The lowest BCUT2D eigenvalue weighted by molar-refractivity contribution is -0.141. The molecular weight excluding hydrogens is 378 g/mol. The number of unbranched alkanes of at least 4 members (excludes halogenated alkanes) is 1. The number of thiol groups is 1. The fourth-order valence-corrected chi connectivity index (χ4v) is 2.23. The molecule has 156 valence electrons. The summed E-state index contributed by atoms with van der Waals surface area (Å²) in [6.45, 7) is 1.22. The predicted octanol–water partition coefficient (Wildman–Crippen LogP) is -3.08. The molecule has 0 aromatic carbocycles. The lowest BCUT2D eigenvalue weighted by Gasteiger charge is -2.23. The number of hydrogen-bond acceptors (Lipinski definition) is 8. The zero-order valence-corrected chi connectivity index (χ0v) is 16.1. The van der Waals surface area contributed by atoms with Crippen LogP contribution < -0.4 is 27.4 Å². The number of carbonyl (C=O) groups is 4. The molecule has 0 saturated heterocycles. The number of aliphatic hydroxyl groups excluding tert-OH is 1. The molecule has 0 rings (SSSR count). The maximum atomic E-state index is 12.4. The average molecular weight is 407 g/mol. The summed E-state index contributed by atoms with van der Waals surface area (Å²) in [6.07, 6.45) is 1.39. The first-order valence-corrected chi connectivity index (χ1v) is 9.12. The quantitative estimate of drug-likeness (QED) is 0.116. The van der Waals surface area contributed by atoms with Gasteiger partial charge in [-0.25, -0.2) is 4.79 Å². The maximum absolute atomic E-state index is 12.4. The van der Waals surface area contributed by atoms with Crippen LogP contribution in [0, 0.1) is 0 Å². The SMILES string of the molecule is CC(NC(=O)C(N)CO)C(=O)NC(CCCCN)C(=O)NC(CS)C(=O)O. The van der Waals surface area contributed by atoms with Crippen molar-refractivity contribution < 1.29 is 29.4 Å². The van der Waals surface area contributed by atoms with E-state index in [1.54, 1.807) is 0 Å². The molecule has 4 atom stereocenters. The van der Waals surface area contributed by atoms with E-state index in [1.807, 2.05) is 0 Å². The van der Waals surface area contributed by atoms with E-state index in [-0.39, 0.29) is 12.2 Å². The Hall–Kier alpha value is -1.89. The van der Waals surface area contributed by atoms with Gasteiger partial charge in [0.05, 0.1) is 6.61 Å². The second kappa shape index (κ2) is 13.3. The van der Waals surface area contributed by atoms with Crippen LogP contribution in [0.1, 0.15) is 26.2 Å². The Morgan fingerprint density at radius 1 is 1.00 bits per heavy atom. The third kappa shape index (κ3) is 9.56. The van der Waals surface area contributed by atoms with Gasteiger partial charge < -0.3 is 37.6 Å². The summed E-state index contributed by atoms with van der Waals surface area (Å²) >= 11 is 3.87. The minimum atomic E-state index is -1.25. The normalized spacial score (nSPS) is 15.1. The van der Waals surface area contributed by atoms with Gasteiger partial charge >= 0.3 is 5.97 Å². The topological polar surface area (TPSA) is 197 Å². The van der Waals surface area contributed by atoms with Crippen LogP contribution >= 0.6 is 12.6 Å². The van der Waals surface area contributed by atoms with Gasteiger partial charge in [0, 0.05) is 5.75 Å². The highest BCUT2D eigenvalue weighted by molar-refractivity contribution is 7.80. The first kappa shape index (κ1) is 25.1. The van der Waals surface area contributed by atoms with Gasteiger partial charge in [-0.3, -0.25) is 14.4 Å². The number of rotatable bonds is 13. The maximum Gasteiger partial charge on any atom is 0.327 e. The first-order chi connectivity index (χ1) is 12.7. The molecular formula is C15H29N5O6S. The number of aliphatic carboxylic acids is 1. The second-order valence-electron chi connectivity index (χ2n) is 5.95. The molecule has 0 aliphatic heterocycles. The Morgan fingerprint density at radius 2 is 1.59 bits per heavy atom. The molecule has 4 unspecified atom stereocenters. The van der Waals surface area contributed by atoms with E-state index in [4.69, 9.17) is 21.7 Å². The molecule has 0 bridgehead atoms. The van der Waals surface area contributed by atoms with Crippen LogP contribution in [0.15, 0.2) is 0 Å². The van der Waals surface area contributed by atoms with Crippen LogP contribution in [-0.2, 0) is 19.2 Å². The number of carboxylic acid groups (broad SMARTS) is 1. The molecule has 12 heteroatoms. The summed E-state index contributed by atoms with van der Waals surface area (Å²) in [5.41, 5.74) is 10.8. The Morgan fingerprint density at radius 3 is 2.07 bits per heavy atom. The van der Waals surface area contributed by atoms with Crippen molar-refractivity contribution in [3.63, 3.8) is 0 Å². The van der Waals surface area contributed by atoms with Crippen molar-refractivity contribution >= 4 is 36.3 Å². The van der Waals surface area contributed by atoms with Crippen molar-refractivity contribution in [2.45, 2.75) is 50.4 Å². The van der Waals surface area contributed by atoms with Crippen LogP contribution in [0.2, 0.25) is 0 Å². The van der Waals surface area contributed by atoms with Crippen molar-refractivity contribution in [1.82, 2.24) is 16.0 Å². The third-order valence-corrected chi connectivity index (χ3v) is 4.03. The standard InChI is InChI=1S/C15H29N5O6S/c1-8(18-13(23)9(17)6-21)12(22)19-10(4-2-3-5-16)14(24)20-11(7-27)15(25)26/h8-11,21,27H,2-7,16-17H2,1H3,(H,18,23)(H,19,22)(H,20,24)(H,25,26). The van der Waals surface area contributed by atoms with E-state index in [2.05, 4.69) is 28.6 Å². The van der Waals surface area contributed by atoms with Crippen molar-refractivity contribution in [2.24, 2.45) is 11.5 Å². The average Bonchev–Trinajstić information content (AvgIpc) is 2.63. The van der Waals surface area contributed by atoms with Gasteiger partial charge in [0.25, 0.3) is 0 Å². The van der Waals surface area contributed by atoms with Crippen LogP contribution in [0.25, 0.3) is 0 Å². The van der Waals surface area contributed by atoms with Gasteiger partial charge in [-0.2, -0.15) is 12.6 Å². The molecule has 0 heterocycles. The highest BCUT2D eigenvalue weighted by Crippen LogP contribution is 2.03. The van der Waals surface area contributed by atoms with E-state index in [9.17, 15) is 19.2 Å². The molecule has 0 aromatic rings. The van der Waals surface area contributed by atoms with E-state index in [1.165, 1.54) is 6.92 Å². The third-order valence-electron chi connectivity index (χ3n) is 3.66. The fraction of sp³-hybridized carbons (Fsp3) is 0.733. The number of nitrogens with one attached hydrogen (secondary N) is 3. The summed E-state index contributed by atoms with van der Waals surface area (Å²) in [5, 5.41) is 25.0. The molecule has 9 N–H and O–H groups in total. The van der Waals surface area contributed by atoms with Crippen LogP contribution in [0.3, 0.4) is 0 Å². The summed E-state index contributed by atoms with van der Waals surface area (Å²) in [5.74, 6) is -3.41. The summed E-state index contributed by atoms with van der Waals surface area (Å²) < 4.78 is 0. The monoisotopic (exact) mass is 407 g/mol. The number of carbonyl (C=O) groups excluding carboxylic acids is 3. The molecule has 0 aromatic heterocycles. The number of amides is 3. The summed E-state index contributed by atoms with van der Waals surface area (Å²) in [6, 6.07) is -4.39. The first-order valence-electron chi connectivity index (χ1n) is 8.49. The minimum Gasteiger partial charge on any atom is -0.480 e. The highest BCUT2D eigenvalue weighted by atomic mass is 32.1. The van der Waals surface area contributed by atoms with Crippen LogP contribution in [0.4, 0.5) is 0 Å². The Bertz CT molecular complexity index is 521. The van der Waals surface area contributed by atoms with E-state index in [0.717, 1.165) is 0 Å². The molecule has 0 fully saturated rings. The van der Waals surface area contributed by atoms with Gasteiger partial charge in [-0.05, 0) is 32.7 Å². The molecule has 3 amide bonds. The van der Waals surface area contributed by atoms with E-state index >= 15 is 0 Å². The highest BCUT2D eigenvalue weighted by Gasteiger charge is 2.27. The van der Waals surface area contributed by atoms with Crippen LogP contribution in [-0.4, -0.2) is 77.0 Å². The second-order valence-corrected chi connectivity index (χ2v) is 6.31. The predicted molar refractivity (Wildman–Crippen MR) is 101 cm³/mol. The number of aliphatic hydroxyl groups is 1. The van der Waals surface area contributed by atoms with Crippen molar-refractivity contribution in [3.05, 3.63) is 0 Å². The molecule has 11 nitrogen and oxygen atoms in total. The molecule has 0 aliphatic carbocycles. The van der Waals surface area contributed by atoms with Gasteiger partial charge in [-0.1, -0.05) is 0 Å². The Kier molecular flexibility index (Phi) is 12.4. The summed E-state index contributed by atoms with van der Waals surface area (Å²) in [7, 11) is 0.